The highest BCUT2D eigenvalue weighted by Gasteiger charge is 2.33. The van der Waals surface area contributed by atoms with Crippen molar-refractivity contribution in [1.82, 2.24) is 4.98 Å². The van der Waals surface area contributed by atoms with E-state index < -0.39 is 16.2 Å². The second-order valence-corrected chi connectivity index (χ2v) is 11.2. The third-order valence-corrected chi connectivity index (χ3v) is 8.31. The van der Waals surface area contributed by atoms with Crippen LogP contribution >= 0.6 is 10.6 Å². The maximum atomic E-state index is 10.7. The molecule has 1 atom stereocenters. The molecule has 6 nitrogen and oxygen atoms in total. The van der Waals surface area contributed by atoms with Crippen molar-refractivity contribution in [2.45, 2.75) is 37.3 Å². The molecule has 0 bridgehead atoms. The minimum Gasteiger partial charge on any atom is -0.388 e. The van der Waals surface area contributed by atoms with E-state index in [9.17, 15) is 14.2 Å². The van der Waals surface area contributed by atoms with Crippen LogP contribution in [0.2, 0.25) is 0 Å². The molecule has 1 fully saturated rings. The molecule has 31 heavy (non-hydrogen) atoms. The number of β-amino-alcohol motifs (C(OH)–C–C–N with tert-alkyl or cyclic N) is 1. The molecule has 0 radical (unpaired) electrons. The third kappa shape index (κ3) is 3.76. The van der Waals surface area contributed by atoms with Gasteiger partial charge in [0.2, 0.25) is 0 Å². The normalized spacial score (nSPS) is 24.2. The lowest BCUT2D eigenvalue weighted by atomic mass is 10.1. The number of fused-ring (bicyclic) bond motifs is 2. The molecular formula is C24H29N3O3S. The Morgan fingerprint density at radius 2 is 1.84 bits per heavy atom. The predicted molar refractivity (Wildman–Crippen MR) is 127 cm³/mol. The summed E-state index contributed by atoms with van der Waals surface area (Å²) in [5.74, 6) is 1.11. The van der Waals surface area contributed by atoms with Gasteiger partial charge in [-0.1, -0.05) is 36.4 Å². The summed E-state index contributed by atoms with van der Waals surface area (Å²) in [6.45, 7) is 6.42. The van der Waals surface area contributed by atoms with Gasteiger partial charge in [0.25, 0.3) is 0 Å². The van der Waals surface area contributed by atoms with Crippen LogP contribution in [0.1, 0.15) is 24.5 Å². The number of benzene rings is 2. The van der Waals surface area contributed by atoms with E-state index in [1.165, 1.54) is 0 Å². The summed E-state index contributed by atoms with van der Waals surface area (Å²) in [7, 11) is -2.82. The smallest absolute Gasteiger partial charge is 0.131 e. The van der Waals surface area contributed by atoms with Gasteiger partial charge in [-0.2, -0.15) is 10.6 Å². The van der Waals surface area contributed by atoms with Crippen molar-refractivity contribution in [1.29, 1.82) is 0 Å². The standard InChI is InChI=1S/C24H29N3O3S/c1-17-6-5-8-19-20(27-11-10-24(2,28)16-27)14-22(25-23(17)19)26-12-13-31(29,30)21-9-4-3-7-18(21)15-26/h3-9,14,28-30H,10-13,15-16H2,1-2H3. The Morgan fingerprint density at radius 3 is 2.61 bits per heavy atom. The molecule has 2 aliphatic heterocycles. The Morgan fingerprint density at radius 1 is 1.03 bits per heavy atom. The van der Waals surface area contributed by atoms with Crippen molar-refractivity contribution in [3.05, 3.63) is 59.7 Å². The lowest BCUT2D eigenvalue weighted by molar-refractivity contribution is 0.0839. The summed E-state index contributed by atoms with van der Waals surface area (Å²) >= 11 is 0. The Bertz CT molecular complexity index is 1150. The zero-order chi connectivity index (χ0) is 21.8. The minimum absolute atomic E-state index is 0.283. The number of para-hydroxylation sites is 1. The Labute approximate surface area is 184 Å². The number of aryl methyl sites for hydroxylation is 1. The van der Waals surface area contributed by atoms with Crippen molar-refractivity contribution in [3.63, 3.8) is 0 Å². The van der Waals surface area contributed by atoms with Crippen LogP contribution in [0, 0.1) is 6.92 Å². The SMILES string of the molecule is Cc1cccc2c(N3CCC(C)(O)C3)cc(N3CCS(O)(O)c4ccccc4C3)nc12. The van der Waals surface area contributed by atoms with Gasteiger partial charge >= 0.3 is 0 Å². The molecule has 0 saturated carbocycles. The number of hydrogen-bond acceptors (Lipinski definition) is 6. The van der Waals surface area contributed by atoms with Crippen molar-refractivity contribution in [3.8, 4) is 0 Å². The van der Waals surface area contributed by atoms with Crippen LogP contribution in [0.15, 0.2) is 53.4 Å². The van der Waals surface area contributed by atoms with E-state index >= 15 is 0 Å². The van der Waals surface area contributed by atoms with Crippen LogP contribution in [0.3, 0.4) is 0 Å². The van der Waals surface area contributed by atoms with Crippen molar-refractivity contribution < 1.29 is 14.2 Å². The fourth-order valence-electron chi connectivity index (χ4n) is 4.72. The number of aliphatic hydroxyl groups is 1. The highest BCUT2D eigenvalue weighted by Crippen LogP contribution is 2.51. The minimum atomic E-state index is -2.82. The fourth-order valence-corrected chi connectivity index (χ4v) is 6.26. The molecule has 0 aliphatic carbocycles. The largest absolute Gasteiger partial charge is 0.388 e. The molecule has 3 aromatic rings. The van der Waals surface area contributed by atoms with Gasteiger partial charge in [0.1, 0.15) is 5.82 Å². The maximum absolute atomic E-state index is 10.7. The lowest BCUT2D eigenvalue weighted by Gasteiger charge is -2.32. The molecule has 0 amide bonds. The number of aromatic nitrogens is 1. The zero-order valence-electron chi connectivity index (χ0n) is 18.0. The Hall–Kier alpha value is -2.32. The van der Waals surface area contributed by atoms with Crippen molar-refractivity contribution >= 4 is 33.0 Å². The summed E-state index contributed by atoms with van der Waals surface area (Å²) in [6, 6.07) is 15.9. The number of rotatable bonds is 2. The van der Waals surface area contributed by atoms with Gasteiger partial charge in [-0.3, -0.25) is 9.11 Å². The Kier molecular flexibility index (Phi) is 4.90. The first-order valence-electron chi connectivity index (χ1n) is 10.7. The highest BCUT2D eigenvalue weighted by molar-refractivity contribution is 8.24. The molecule has 5 rings (SSSR count). The molecule has 3 heterocycles. The Balaban J connectivity index is 1.62. The van der Waals surface area contributed by atoms with Gasteiger partial charge in [0, 0.05) is 43.3 Å². The summed E-state index contributed by atoms with van der Waals surface area (Å²) in [4.78, 5) is 10.0. The number of hydrogen-bond donors (Lipinski definition) is 3. The van der Waals surface area contributed by atoms with Crippen LogP contribution in [-0.4, -0.2) is 50.2 Å². The third-order valence-electron chi connectivity index (χ3n) is 6.45. The molecular weight excluding hydrogens is 410 g/mol. The predicted octanol–water partition coefficient (Wildman–Crippen LogP) is 4.63. The zero-order valence-corrected chi connectivity index (χ0v) is 18.8. The average molecular weight is 440 g/mol. The van der Waals surface area contributed by atoms with Gasteiger partial charge in [0.15, 0.2) is 0 Å². The number of pyridine rings is 1. The summed E-state index contributed by atoms with van der Waals surface area (Å²) < 4.78 is 21.5. The van der Waals surface area contributed by atoms with Crippen LogP contribution in [0.25, 0.3) is 10.9 Å². The monoisotopic (exact) mass is 439 g/mol. The summed E-state index contributed by atoms with van der Waals surface area (Å²) in [5.41, 5.74) is 3.36. The second kappa shape index (κ2) is 7.38. The first-order valence-corrected chi connectivity index (χ1v) is 12.4. The van der Waals surface area contributed by atoms with E-state index in [1.807, 2.05) is 37.3 Å². The maximum Gasteiger partial charge on any atom is 0.131 e. The van der Waals surface area contributed by atoms with E-state index in [-0.39, 0.29) is 5.75 Å². The van der Waals surface area contributed by atoms with Crippen LogP contribution in [0.5, 0.6) is 0 Å². The summed E-state index contributed by atoms with van der Waals surface area (Å²) in [6.07, 6.45) is 0.732. The first kappa shape index (κ1) is 20.6. The van der Waals surface area contributed by atoms with Crippen LogP contribution in [-0.2, 0) is 6.54 Å². The van der Waals surface area contributed by atoms with E-state index in [4.69, 9.17) is 4.98 Å². The highest BCUT2D eigenvalue weighted by atomic mass is 32.3. The molecule has 3 N–H and O–H groups in total. The molecule has 1 unspecified atom stereocenters. The summed E-state index contributed by atoms with van der Waals surface area (Å²) in [5, 5.41) is 11.6. The van der Waals surface area contributed by atoms with Crippen molar-refractivity contribution in [2.24, 2.45) is 0 Å². The van der Waals surface area contributed by atoms with Crippen LogP contribution in [0.4, 0.5) is 11.5 Å². The van der Waals surface area contributed by atoms with E-state index in [0.29, 0.717) is 24.5 Å². The first-order chi connectivity index (χ1) is 14.7. The fraction of sp³-hybridized carbons (Fsp3) is 0.375. The molecule has 1 aromatic heterocycles. The molecule has 0 spiro atoms. The topological polar surface area (TPSA) is 80.1 Å². The number of anilines is 2. The second-order valence-electron chi connectivity index (χ2n) is 9.04. The van der Waals surface area contributed by atoms with E-state index in [0.717, 1.165) is 46.5 Å². The molecule has 1 saturated heterocycles. The van der Waals surface area contributed by atoms with E-state index in [2.05, 4.69) is 34.9 Å². The molecule has 7 heteroatoms. The van der Waals surface area contributed by atoms with Gasteiger partial charge < -0.3 is 14.9 Å². The van der Waals surface area contributed by atoms with Gasteiger partial charge in [0.05, 0.1) is 21.8 Å². The van der Waals surface area contributed by atoms with Gasteiger partial charge in [-0.05, 0) is 37.5 Å². The molecule has 164 valence electrons. The van der Waals surface area contributed by atoms with Crippen LogP contribution < -0.4 is 9.80 Å². The van der Waals surface area contributed by atoms with Crippen molar-refractivity contribution in [2.75, 3.05) is 35.2 Å². The van der Waals surface area contributed by atoms with Gasteiger partial charge in [-0.15, -0.1) is 0 Å². The molecule has 2 aliphatic rings. The number of nitrogens with zero attached hydrogens (tertiary/aromatic N) is 3. The lowest BCUT2D eigenvalue weighted by Crippen LogP contribution is -2.30. The molecule has 2 aromatic carbocycles. The average Bonchev–Trinajstić information content (AvgIpc) is 3.03. The quantitative estimate of drug-likeness (QED) is 0.540. The van der Waals surface area contributed by atoms with E-state index in [1.54, 1.807) is 0 Å². The van der Waals surface area contributed by atoms with Gasteiger partial charge in [-0.25, -0.2) is 4.98 Å².